The summed E-state index contributed by atoms with van der Waals surface area (Å²) in [4.78, 5) is 14.5. The van der Waals surface area contributed by atoms with Gasteiger partial charge in [-0.3, -0.25) is 10.6 Å². The predicted molar refractivity (Wildman–Crippen MR) is 81.4 cm³/mol. The molecule has 4 N–H and O–H groups in total. The van der Waals surface area contributed by atoms with E-state index in [2.05, 4.69) is 29.5 Å². The third-order valence-corrected chi connectivity index (χ3v) is 3.91. The van der Waals surface area contributed by atoms with Crippen LogP contribution in [0, 0.1) is 5.92 Å². The monoisotopic (exact) mass is 276 g/mol. The number of hydrogen-bond acceptors (Lipinski definition) is 4. The van der Waals surface area contributed by atoms with Crippen LogP contribution in [0.2, 0.25) is 0 Å². The van der Waals surface area contributed by atoms with Gasteiger partial charge in [0.15, 0.2) is 0 Å². The summed E-state index contributed by atoms with van der Waals surface area (Å²) in [7, 11) is 0. The summed E-state index contributed by atoms with van der Waals surface area (Å²) < 4.78 is 0. The zero-order valence-corrected chi connectivity index (χ0v) is 12.2. The first-order valence-electron chi connectivity index (χ1n) is 7.19. The van der Waals surface area contributed by atoms with Gasteiger partial charge in [0, 0.05) is 30.4 Å². The molecule has 5 heteroatoms. The van der Waals surface area contributed by atoms with Crippen molar-refractivity contribution in [2.75, 3.05) is 25.1 Å². The number of hydrazine groups is 1. The number of anilines is 1. The van der Waals surface area contributed by atoms with E-state index in [-0.39, 0.29) is 5.91 Å². The van der Waals surface area contributed by atoms with Crippen LogP contribution in [0.3, 0.4) is 0 Å². The topological polar surface area (TPSA) is 70.4 Å². The van der Waals surface area contributed by atoms with E-state index in [1.54, 1.807) is 24.3 Å². The summed E-state index contributed by atoms with van der Waals surface area (Å²) in [5, 5.41) is 3.02. The Morgan fingerprint density at radius 3 is 2.65 bits per heavy atom. The molecule has 1 aliphatic rings. The number of likely N-dealkylation sites (tertiary alicyclic amines) is 1. The molecule has 1 aromatic rings. The molecule has 1 unspecified atom stereocenters. The fraction of sp³-hybridized carbons (Fsp3) is 0.533. The lowest BCUT2D eigenvalue weighted by Gasteiger charge is -2.20. The molecule has 0 radical (unpaired) electrons. The number of nitrogens with two attached hydrogens (primary N) is 1. The van der Waals surface area contributed by atoms with E-state index in [0.29, 0.717) is 17.5 Å². The van der Waals surface area contributed by atoms with Gasteiger partial charge in [-0.25, -0.2) is 0 Å². The highest BCUT2D eigenvalue weighted by Crippen LogP contribution is 2.17. The maximum atomic E-state index is 12.0. The molecule has 0 saturated carbocycles. The third-order valence-electron chi connectivity index (χ3n) is 3.91. The molecule has 1 amide bonds. The molecule has 20 heavy (non-hydrogen) atoms. The Bertz CT molecular complexity index is 444. The first-order valence-corrected chi connectivity index (χ1v) is 7.19. The zero-order valence-electron chi connectivity index (χ0n) is 12.2. The van der Waals surface area contributed by atoms with E-state index in [1.807, 2.05) is 0 Å². The highest BCUT2D eigenvalue weighted by atomic mass is 16.1. The van der Waals surface area contributed by atoms with Gasteiger partial charge in [0.1, 0.15) is 0 Å². The molecular weight excluding hydrogens is 252 g/mol. The largest absolute Gasteiger partial charge is 0.352 e. The number of nitrogens with one attached hydrogen (secondary N) is 2. The SMILES string of the molecule is CC(C)N1CCC(CNC(=O)c2ccc(NN)cc2)C1. The number of benzene rings is 1. The Hall–Kier alpha value is -1.59. The second-order valence-electron chi connectivity index (χ2n) is 5.68. The van der Waals surface area contributed by atoms with Crippen LogP contribution in [-0.4, -0.2) is 36.5 Å². The van der Waals surface area contributed by atoms with E-state index in [4.69, 9.17) is 5.84 Å². The molecule has 0 aromatic heterocycles. The minimum Gasteiger partial charge on any atom is -0.352 e. The number of rotatable bonds is 5. The van der Waals surface area contributed by atoms with E-state index in [9.17, 15) is 4.79 Å². The van der Waals surface area contributed by atoms with Crippen molar-refractivity contribution < 1.29 is 4.79 Å². The number of carbonyl (C=O) groups is 1. The van der Waals surface area contributed by atoms with Gasteiger partial charge >= 0.3 is 0 Å². The number of hydrogen-bond donors (Lipinski definition) is 3. The molecular formula is C15H24N4O. The Balaban J connectivity index is 1.80. The fourth-order valence-corrected chi connectivity index (χ4v) is 2.56. The normalized spacial score (nSPS) is 19.3. The molecule has 1 atom stereocenters. The van der Waals surface area contributed by atoms with E-state index >= 15 is 0 Å². The smallest absolute Gasteiger partial charge is 0.251 e. The van der Waals surface area contributed by atoms with Crippen LogP contribution in [-0.2, 0) is 0 Å². The quantitative estimate of drug-likeness (QED) is 0.562. The van der Waals surface area contributed by atoms with Crippen LogP contribution in [0.15, 0.2) is 24.3 Å². The highest BCUT2D eigenvalue weighted by molar-refractivity contribution is 5.94. The maximum absolute atomic E-state index is 12.0. The predicted octanol–water partition coefficient (Wildman–Crippen LogP) is 1.43. The lowest BCUT2D eigenvalue weighted by molar-refractivity contribution is 0.0947. The minimum absolute atomic E-state index is 0.0171. The van der Waals surface area contributed by atoms with Crippen LogP contribution in [0.25, 0.3) is 0 Å². The lowest BCUT2D eigenvalue weighted by Crippen LogP contribution is -2.32. The fourth-order valence-electron chi connectivity index (χ4n) is 2.56. The van der Waals surface area contributed by atoms with Crippen molar-refractivity contribution in [1.82, 2.24) is 10.2 Å². The van der Waals surface area contributed by atoms with Crippen LogP contribution in [0.5, 0.6) is 0 Å². The van der Waals surface area contributed by atoms with Crippen molar-refractivity contribution in [3.05, 3.63) is 29.8 Å². The molecule has 0 spiro atoms. The lowest BCUT2D eigenvalue weighted by atomic mass is 10.1. The van der Waals surface area contributed by atoms with Gasteiger partial charge in [-0.2, -0.15) is 0 Å². The number of amides is 1. The van der Waals surface area contributed by atoms with E-state index in [1.165, 1.54) is 0 Å². The second kappa shape index (κ2) is 6.72. The maximum Gasteiger partial charge on any atom is 0.251 e. The molecule has 0 bridgehead atoms. The van der Waals surface area contributed by atoms with Crippen LogP contribution >= 0.6 is 0 Å². The average Bonchev–Trinajstić information content (AvgIpc) is 2.94. The van der Waals surface area contributed by atoms with Gasteiger partial charge in [0.05, 0.1) is 0 Å². The van der Waals surface area contributed by atoms with Crippen molar-refractivity contribution >= 4 is 11.6 Å². The molecule has 5 nitrogen and oxygen atoms in total. The zero-order chi connectivity index (χ0) is 14.5. The van der Waals surface area contributed by atoms with Gasteiger partial charge in [0.25, 0.3) is 5.91 Å². The van der Waals surface area contributed by atoms with Crippen molar-refractivity contribution in [3.63, 3.8) is 0 Å². The Kier molecular flexibility index (Phi) is 4.98. The van der Waals surface area contributed by atoms with E-state index in [0.717, 1.165) is 31.7 Å². The molecule has 1 aliphatic heterocycles. The summed E-state index contributed by atoms with van der Waals surface area (Å²) in [6.07, 6.45) is 1.16. The van der Waals surface area contributed by atoms with Gasteiger partial charge in [-0.15, -0.1) is 0 Å². The Morgan fingerprint density at radius 1 is 1.40 bits per heavy atom. The molecule has 0 aliphatic carbocycles. The number of carbonyl (C=O) groups excluding carboxylic acids is 1. The van der Waals surface area contributed by atoms with Gasteiger partial charge < -0.3 is 15.6 Å². The summed E-state index contributed by atoms with van der Waals surface area (Å²) in [5.74, 6) is 5.84. The van der Waals surface area contributed by atoms with Crippen molar-refractivity contribution in [2.45, 2.75) is 26.3 Å². The second-order valence-corrected chi connectivity index (χ2v) is 5.68. The van der Waals surface area contributed by atoms with Crippen molar-refractivity contribution in [3.8, 4) is 0 Å². The number of nitrogen functional groups attached to an aromatic ring is 1. The summed E-state index contributed by atoms with van der Waals surface area (Å²) in [6.45, 7) is 7.39. The molecule has 2 rings (SSSR count). The first kappa shape index (κ1) is 14.8. The number of nitrogens with zero attached hydrogens (tertiary/aromatic N) is 1. The van der Waals surface area contributed by atoms with Gasteiger partial charge in [0.2, 0.25) is 0 Å². The van der Waals surface area contributed by atoms with Crippen LogP contribution in [0.4, 0.5) is 5.69 Å². The van der Waals surface area contributed by atoms with Crippen LogP contribution in [0.1, 0.15) is 30.6 Å². The Morgan fingerprint density at radius 2 is 2.10 bits per heavy atom. The molecule has 1 heterocycles. The standard InChI is InChI=1S/C15H24N4O/c1-11(2)19-8-7-12(10-19)9-17-15(20)13-3-5-14(18-16)6-4-13/h3-6,11-12,18H,7-10,16H2,1-2H3,(H,17,20). The highest BCUT2D eigenvalue weighted by Gasteiger charge is 2.24. The van der Waals surface area contributed by atoms with Crippen molar-refractivity contribution in [1.29, 1.82) is 0 Å². The molecule has 1 saturated heterocycles. The molecule has 110 valence electrons. The third kappa shape index (κ3) is 3.71. The first-order chi connectivity index (χ1) is 9.60. The van der Waals surface area contributed by atoms with Gasteiger partial charge in [-0.1, -0.05) is 0 Å². The van der Waals surface area contributed by atoms with Gasteiger partial charge in [-0.05, 0) is 57.0 Å². The summed E-state index contributed by atoms with van der Waals surface area (Å²) in [6, 6.07) is 7.74. The van der Waals surface area contributed by atoms with Crippen molar-refractivity contribution in [2.24, 2.45) is 11.8 Å². The average molecular weight is 276 g/mol. The Labute approximate surface area is 120 Å². The van der Waals surface area contributed by atoms with E-state index < -0.39 is 0 Å². The summed E-state index contributed by atoms with van der Waals surface area (Å²) >= 11 is 0. The molecule has 1 aromatic carbocycles. The molecule has 1 fully saturated rings. The minimum atomic E-state index is -0.0171. The summed E-state index contributed by atoms with van der Waals surface area (Å²) in [5.41, 5.74) is 4.01. The van der Waals surface area contributed by atoms with Crippen LogP contribution < -0.4 is 16.6 Å².